The molecule has 0 bridgehead atoms. The minimum Gasteiger partial charge on any atom is -0.507 e. The number of nitrogens with zero attached hydrogens (tertiary/aromatic N) is 1. The molecule has 0 amide bonds. The molecule has 0 unspecified atom stereocenters. The van der Waals surface area contributed by atoms with E-state index in [9.17, 15) is 9.90 Å². The quantitative estimate of drug-likeness (QED) is 0.601. The summed E-state index contributed by atoms with van der Waals surface area (Å²) in [5.74, 6) is 1.71. The van der Waals surface area contributed by atoms with Gasteiger partial charge in [0.15, 0.2) is 0 Å². The number of aromatic hydroxyl groups is 1. The van der Waals surface area contributed by atoms with Gasteiger partial charge in [0.1, 0.15) is 11.6 Å². The van der Waals surface area contributed by atoms with E-state index >= 15 is 0 Å². The molecule has 4 N–H and O–H groups in total. The number of phenolic OH excluding ortho intramolecular Hbond substituents is 1. The molecule has 1 aromatic carbocycles. The van der Waals surface area contributed by atoms with Crippen molar-refractivity contribution >= 4 is 24.3 Å². The molecular weight excluding hydrogens is 315 g/mol. The highest BCUT2D eigenvalue weighted by Crippen LogP contribution is 2.27. The predicted molar refractivity (Wildman–Crippen MR) is 93.0 cm³/mol. The number of aryl methyl sites for hydroxylation is 1. The van der Waals surface area contributed by atoms with E-state index in [0.29, 0.717) is 22.7 Å². The highest BCUT2D eigenvalue weighted by molar-refractivity contribution is 7.98. The first-order valence-corrected chi connectivity index (χ1v) is 8.61. The van der Waals surface area contributed by atoms with Crippen LogP contribution in [-0.2, 0) is 12.2 Å². The number of aromatic amines is 1. The Hall–Kier alpha value is -1.77. The van der Waals surface area contributed by atoms with Crippen LogP contribution in [-0.4, -0.2) is 38.0 Å². The zero-order valence-corrected chi connectivity index (χ0v) is 13.9. The van der Waals surface area contributed by atoms with Gasteiger partial charge in [-0.2, -0.15) is 11.8 Å². The summed E-state index contributed by atoms with van der Waals surface area (Å²) >= 11 is 1.70. The van der Waals surface area contributed by atoms with Gasteiger partial charge in [0.2, 0.25) is 0 Å². The van der Waals surface area contributed by atoms with Crippen molar-refractivity contribution in [2.24, 2.45) is 0 Å². The SMILES string of the molecule is CC.O=c1[nH]c(-c2ccc(B(O)O)cc2O)nc2c1CSCC2. The third-order valence-electron chi connectivity index (χ3n) is 3.41. The van der Waals surface area contributed by atoms with Crippen LogP contribution in [0.5, 0.6) is 5.75 Å². The number of phenols is 1. The summed E-state index contributed by atoms with van der Waals surface area (Å²) in [6, 6.07) is 4.22. The Kier molecular flexibility index (Phi) is 5.87. The molecule has 0 atom stereocenters. The van der Waals surface area contributed by atoms with Gasteiger partial charge in [-0.3, -0.25) is 4.79 Å². The van der Waals surface area contributed by atoms with Crippen LogP contribution in [0.3, 0.4) is 0 Å². The highest BCUT2D eigenvalue weighted by atomic mass is 32.2. The molecule has 0 radical (unpaired) electrons. The van der Waals surface area contributed by atoms with E-state index in [-0.39, 0.29) is 16.8 Å². The number of hydrogen-bond acceptors (Lipinski definition) is 6. The van der Waals surface area contributed by atoms with Crippen molar-refractivity contribution in [3.05, 3.63) is 39.8 Å². The second-order valence-electron chi connectivity index (χ2n) is 4.79. The van der Waals surface area contributed by atoms with Crippen molar-refractivity contribution < 1.29 is 15.2 Å². The van der Waals surface area contributed by atoms with Crippen LogP contribution in [0.4, 0.5) is 0 Å². The maximum Gasteiger partial charge on any atom is 0.488 e. The lowest BCUT2D eigenvalue weighted by molar-refractivity contribution is 0.424. The number of aromatic nitrogens is 2. The smallest absolute Gasteiger partial charge is 0.488 e. The molecule has 1 aromatic heterocycles. The normalized spacial score (nSPS) is 12.9. The summed E-state index contributed by atoms with van der Waals surface area (Å²) in [6.45, 7) is 4.00. The number of nitrogens with one attached hydrogen (secondary N) is 1. The Morgan fingerprint density at radius 2 is 2.04 bits per heavy atom. The average molecular weight is 334 g/mol. The van der Waals surface area contributed by atoms with E-state index < -0.39 is 7.12 Å². The van der Waals surface area contributed by atoms with E-state index in [4.69, 9.17) is 10.0 Å². The molecule has 1 aliphatic rings. The number of thioether (sulfide) groups is 1. The third kappa shape index (κ3) is 3.77. The Morgan fingerprint density at radius 1 is 1.30 bits per heavy atom. The van der Waals surface area contributed by atoms with E-state index in [1.165, 1.54) is 18.2 Å². The fourth-order valence-corrected chi connectivity index (χ4v) is 3.26. The first kappa shape index (κ1) is 17.6. The molecule has 0 fully saturated rings. The Balaban J connectivity index is 0.000000924. The average Bonchev–Trinajstić information content (AvgIpc) is 2.56. The summed E-state index contributed by atoms with van der Waals surface area (Å²) in [6.07, 6.45) is 0.727. The maximum atomic E-state index is 12.1. The van der Waals surface area contributed by atoms with Gasteiger partial charge in [-0.05, 0) is 29.8 Å². The van der Waals surface area contributed by atoms with Crippen molar-refractivity contribution in [2.75, 3.05) is 5.75 Å². The van der Waals surface area contributed by atoms with E-state index in [1.54, 1.807) is 11.8 Å². The van der Waals surface area contributed by atoms with Gasteiger partial charge in [-0.1, -0.05) is 19.9 Å². The number of rotatable bonds is 2. The topological polar surface area (TPSA) is 106 Å². The standard InChI is InChI=1S/C13H13BN2O4S.C2H6/c17-11-5-7(14(19)20)1-2-8(11)12-15-10-3-4-21-6-9(10)13(18)16-12;1-2/h1-2,5,17,19-20H,3-4,6H2,(H,15,16,18);1-2H3. The molecule has 2 aromatic rings. The van der Waals surface area contributed by atoms with Crippen molar-refractivity contribution in [1.82, 2.24) is 9.97 Å². The molecule has 0 saturated carbocycles. The summed E-state index contributed by atoms with van der Waals surface area (Å²) in [5.41, 5.74) is 1.80. The third-order valence-corrected chi connectivity index (χ3v) is 4.39. The second kappa shape index (κ2) is 7.67. The Bertz CT molecular complexity index is 749. The fraction of sp³-hybridized carbons (Fsp3) is 0.333. The molecule has 6 nitrogen and oxygen atoms in total. The van der Waals surface area contributed by atoms with E-state index in [0.717, 1.165) is 17.9 Å². The van der Waals surface area contributed by atoms with Gasteiger partial charge in [0.25, 0.3) is 5.56 Å². The molecule has 2 heterocycles. The van der Waals surface area contributed by atoms with Crippen LogP contribution in [0.2, 0.25) is 0 Å². The zero-order valence-electron chi connectivity index (χ0n) is 13.0. The first-order valence-electron chi connectivity index (χ1n) is 7.45. The van der Waals surface area contributed by atoms with E-state index in [1.807, 2.05) is 13.8 Å². The highest BCUT2D eigenvalue weighted by Gasteiger charge is 2.19. The maximum absolute atomic E-state index is 12.1. The van der Waals surface area contributed by atoms with Crippen LogP contribution in [0.15, 0.2) is 23.0 Å². The van der Waals surface area contributed by atoms with Crippen LogP contribution in [0.25, 0.3) is 11.4 Å². The minimum absolute atomic E-state index is 0.158. The van der Waals surface area contributed by atoms with Gasteiger partial charge in [0.05, 0.1) is 11.3 Å². The molecule has 0 aliphatic carbocycles. The molecule has 0 saturated heterocycles. The lowest BCUT2D eigenvalue weighted by atomic mass is 9.80. The second-order valence-corrected chi connectivity index (χ2v) is 5.90. The van der Waals surface area contributed by atoms with Gasteiger partial charge < -0.3 is 20.1 Å². The van der Waals surface area contributed by atoms with Crippen molar-refractivity contribution in [3.8, 4) is 17.1 Å². The number of H-pyrrole nitrogens is 1. The van der Waals surface area contributed by atoms with Gasteiger partial charge in [-0.15, -0.1) is 0 Å². The largest absolute Gasteiger partial charge is 0.507 e. The van der Waals surface area contributed by atoms with E-state index in [2.05, 4.69) is 9.97 Å². The minimum atomic E-state index is -1.66. The molecule has 23 heavy (non-hydrogen) atoms. The first-order chi connectivity index (χ1) is 11.1. The van der Waals surface area contributed by atoms with Crippen molar-refractivity contribution in [3.63, 3.8) is 0 Å². The van der Waals surface area contributed by atoms with Crippen molar-refractivity contribution in [1.29, 1.82) is 0 Å². The van der Waals surface area contributed by atoms with Crippen molar-refractivity contribution in [2.45, 2.75) is 26.0 Å². The monoisotopic (exact) mass is 334 g/mol. The lowest BCUT2D eigenvalue weighted by Gasteiger charge is -2.15. The number of benzene rings is 1. The molecular formula is C15H19BN2O4S. The summed E-state index contributed by atoms with van der Waals surface area (Å²) < 4.78 is 0. The Labute approximate surface area is 138 Å². The fourth-order valence-electron chi connectivity index (χ4n) is 2.28. The number of hydrogen-bond donors (Lipinski definition) is 4. The van der Waals surface area contributed by atoms with Crippen LogP contribution in [0.1, 0.15) is 25.1 Å². The number of fused-ring (bicyclic) bond motifs is 1. The molecule has 122 valence electrons. The zero-order chi connectivity index (χ0) is 17.0. The predicted octanol–water partition coefficient (Wildman–Crippen LogP) is 0.638. The Morgan fingerprint density at radius 3 is 2.70 bits per heavy atom. The summed E-state index contributed by atoms with van der Waals surface area (Å²) in [5, 5.41) is 28.2. The van der Waals surface area contributed by atoms with Gasteiger partial charge in [0, 0.05) is 11.3 Å². The summed E-state index contributed by atoms with van der Waals surface area (Å²) in [7, 11) is -1.66. The summed E-state index contributed by atoms with van der Waals surface area (Å²) in [4.78, 5) is 19.2. The lowest BCUT2D eigenvalue weighted by Crippen LogP contribution is -2.29. The van der Waals surface area contributed by atoms with Crippen LogP contribution >= 0.6 is 11.8 Å². The molecule has 8 heteroatoms. The van der Waals surface area contributed by atoms with Crippen LogP contribution in [0, 0.1) is 0 Å². The molecule has 0 spiro atoms. The van der Waals surface area contributed by atoms with Crippen LogP contribution < -0.4 is 11.0 Å². The molecule has 3 rings (SSSR count). The van der Waals surface area contributed by atoms with Gasteiger partial charge >= 0.3 is 7.12 Å². The molecule has 1 aliphatic heterocycles. The van der Waals surface area contributed by atoms with Gasteiger partial charge in [-0.25, -0.2) is 4.98 Å².